The molecule has 2 aromatic heterocycles. The first-order chi connectivity index (χ1) is 16.7. The Morgan fingerprint density at radius 3 is 2.00 bits per heavy atom. The number of rotatable bonds is 8. The number of methoxy groups -OCH3 is 1. The number of aromatic amines is 2. The maximum atomic E-state index is 12.8. The smallest absolute Gasteiger partial charge is 0.253 e. The van der Waals surface area contributed by atoms with E-state index >= 15 is 0 Å². The van der Waals surface area contributed by atoms with E-state index in [1.54, 1.807) is 7.11 Å². The number of carbonyl (C=O) groups excluding carboxylic acids is 1. The lowest BCUT2D eigenvalue weighted by atomic mass is 9.85. The summed E-state index contributed by atoms with van der Waals surface area (Å²) < 4.78 is 5.35. The van der Waals surface area contributed by atoms with Gasteiger partial charge >= 0.3 is 0 Å². The van der Waals surface area contributed by atoms with Crippen LogP contribution in [-0.2, 0) is 16.0 Å². The summed E-state index contributed by atoms with van der Waals surface area (Å²) in [6.07, 6.45) is 5.14. The number of benzene rings is 3. The van der Waals surface area contributed by atoms with Crippen LogP contribution in [0.4, 0.5) is 5.69 Å². The van der Waals surface area contributed by atoms with Crippen molar-refractivity contribution in [2.45, 2.75) is 31.8 Å². The molecule has 3 aromatic carbocycles. The summed E-state index contributed by atoms with van der Waals surface area (Å²) in [5.41, 5.74) is 6.63. The van der Waals surface area contributed by atoms with Gasteiger partial charge in [0.25, 0.3) is 5.91 Å². The van der Waals surface area contributed by atoms with Gasteiger partial charge in [-0.05, 0) is 47.7 Å². The number of para-hydroxylation sites is 3. The molecule has 172 valence electrons. The van der Waals surface area contributed by atoms with Crippen LogP contribution in [0.25, 0.3) is 21.8 Å². The summed E-state index contributed by atoms with van der Waals surface area (Å²) in [6, 6.07) is 24.9. The van der Waals surface area contributed by atoms with Crippen molar-refractivity contribution in [3.05, 3.63) is 102 Å². The number of hydrogen-bond acceptors (Lipinski definition) is 2. The Morgan fingerprint density at radius 1 is 0.853 bits per heavy atom. The van der Waals surface area contributed by atoms with Crippen molar-refractivity contribution in [1.29, 1.82) is 0 Å². The van der Waals surface area contributed by atoms with Gasteiger partial charge in [0.15, 0.2) is 0 Å². The molecule has 0 saturated carbocycles. The molecule has 1 amide bonds. The molecule has 0 aliphatic carbocycles. The number of nitrogens with one attached hydrogen (secondary N) is 3. The van der Waals surface area contributed by atoms with Gasteiger partial charge in [0.1, 0.15) is 6.10 Å². The molecular formula is C29H29N3O2. The molecular weight excluding hydrogens is 422 g/mol. The van der Waals surface area contributed by atoms with Gasteiger partial charge in [-0.15, -0.1) is 0 Å². The number of anilines is 1. The third kappa shape index (κ3) is 4.11. The van der Waals surface area contributed by atoms with Crippen LogP contribution in [0, 0.1) is 0 Å². The highest BCUT2D eigenvalue weighted by atomic mass is 16.5. The second-order valence-electron chi connectivity index (χ2n) is 8.61. The molecule has 5 aromatic rings. The largest absolute Gasteiger partial charge is 0.372 e. The van der Waals surface area contributed by atoms with Crippen molar-refractivity contribution < 1.29 is 9.53 Å². The highest BCUT2D eigenvalue weighted by Gasteiger charge is 2.24. The Morgan fingerprint density at radius 2 is 1.41 bits per heavy atom. The van der Waals surface area contributed by atoms with E-state index in [1.807, 2.05) is 37.3 Å². The molecule has 0 radical (unpaired) electrons. The third-order valence-corrected chi connectivity index (χ3v) is 6.64. The van der Waals surface area contributed by atoms with Gasteiger partial charge in [0, 0.05) is 52.9 Å². The number of ether oxygens (including phenoxy) is 1. The van der Waals surface area contributed by atoms with Crippen LogP contribution in [0.5, 0.6) is 0 Å². The Bertz CT molecular complexity index is 1350. The Kier molecular flexibility index (Phi) is 6.19. The van der Waals surface area contributed by atoms with E-state index in [0.29, 0.717) is 6.42 Å². The molecule has 0 bridgehead atoms. The quantitative estimate of drug-likeness (QED) is 0.256. The molecule has 2 heterocycles. The standard InChI is InChI=1S/C29H29N3O2/c1-3-28(34-2)29(33)32-25-13-7-4-10-19(25)16-22(23-17-30-26-14-8-5-11-20(23)26)24-18-31-27-15-9-6-12-21(24)27/h4-15,17-18,22,28,30-31H,3,16H2,1-2H3,(H,32,33). The third-order valence-electron chi connectivity index (χ3n) is 6.64. The maximum absolute atomic E-state index is 12.8. The number of H-pyrrole nitrogens is 2. The van der Waals surface area contributed by atoms with E-state index in [-0.39, 0.29) is 11.8 Å². The molecule has 5 rings (SSSR count). The van der Waals surface area contributed by atoms with Gasteiger partial charge in [-0.25, -0.2) is 0 Å². The minimum atomic E-state index is -0.467. The molecule has 1 atom stereocenters. The van der Waals surface area contributed by atoms with Gasteiger partial charge in [-0.2, -0.15) is 0 Å². The number of amides is 1. The van der Waals surface area contributed by atoms with E-state index in [9.17, 15) is 4.79 Å². The van der Waals surface area contributed by atoms with E-state index < -0.39 is 6.10 Å². The summed E-state index contributed by atoms with van der Waals surface area (Å²) in [6.45, 7) is 1.95. The molecule has 1 unspecified atom stereocenters. The fourth-order valence-electron chi connectivity index (χ4n) is 4.86. The predicted molar refractivity (Wildman–Crippen MR) is 138 cm³/mol. The molecule has 34 heavy (non-hydrogen) atoms. The number of carbonyl (C=O) groups is 1. The molecule has 5 nitrogen and oxygen atoms in total. The van der Waals surface area contributed by atoms with Crippen molar-refractivity contribution in [2.24, 2.45) is 0 Å². The first-order valence-corrected chi connectivity index (χ1v) is 11.7. The summed E-state index contributed by atoms with van der Waals surface area (Å²) in [5, 5.41) is 5.53. The van der Waals surface area contributed by atoms with Crippen LogP contribution in [0.2, 0.25) is 0 Å². The average molecular weight is 452 g/mol. The van der Waals surface area contributed by atoms with Gasteiger partial charge < -0.3 is 20.0 Å². The van der Waals surface area contributed by atoms with Crippen LogP contribution >= 0.6 is 0 Å². The Balaban J connectivity index is 1.59. The van der Waals surface area contributed by atoms with E-state index in [4.69, 9.17) is 4.74 Å². The number of hydrogen-bond donors (Lipinski definition) is 3. The predicted octanol–water partition coefficient (Wildman–Crippen LogP) is 6.39. The summed E-state index contributed by atoms with van der Waals surface area (Å²) >= 11 is 0. The molecule has 0 saturated heterocycles. The fraction of sp³-hybridized carbons (Fsp3) is 0.207. The molecule has 5 heteroatoms. The minimum absolute atomic E-state index is 0.0924. The van der Waals surface area contributed by atoms with E-state index in [2.05, 4.69) is 70.1 Å². The van der Waals surface area contributed by atoms with Crippen LogP contribution in [-0.4, -0.2) is 29.1 Å². The Hall–Kier alpha value is -3.83. The monoisotopic (exact) mass is 451 g/mol. The van der Waals surface area contributed by atoms with Gasteiger partial charge in [0.2, 0.25) is 0 Å². The van der Waals surface area contributed by atoms with Gasteiger partial charge in [-0.3, -0.25) is 4.79 Å². The minimum Gasteiger partial charge on any atom is -0.372 e. The van der Waals surface area contributed by atoms with Crippen molar-refractivity contribution in [1.82, 2.24) is 9.97 Å². The fourth-order valence-corrected chi connectivity index (χ4v) is 4.86. The summed E-state index contributed by atoms with van der Waals surface area (Å²) in [4.78, 5) is 19.7. The lowest BCUT2D eigenvalue weighted by Gasteiger charge is -2.20. The average Bonchev–Trinajstić information content (AvgIpc) is 3.49. The molecule has 0 aliphatic heterocycles. The zero-order chi connectivity index (χ0) is 23.5. The van der Waals surface area contributed by atoms with Crippen LogP contribution in [0.3, 0.4) is 0 Å². The summed E-state index contributed by atoms with van der Waals surface area (Å²) in [7, 11) is 1.57. The second-order valence-corrected chi connectivity index (χ2v) is 8.61. The van der Waals surface area contributed by atoms with Crippen molar-refractivity contribution in [3.8, 4) is 0 Å². The Labute approximate surface area is 199 Å². The molecule has 0 aliphatic rings. The molecule has 0 spiro atoms. The van der Waals surface area contributed by atoms with E-state index in [0.717, 1.165) is 28.7 Å². The van der Waals surface area contributed by atoms with Crippen LogP contribution in [0.15, 0.2) is 85.2 Å². The van der Waals surface area contributed by atoms with Crippen LogP contribution in [0.1, 0.15) is 36.0 Å². The highest BCUT2D eigenvalue weighted by molar-refractivity contribution is 5.95. The topological polar surface area (TPSA) is 69.9 Å². The molecule has 3 N–H and O–H groups in total. The lowest BCUT2D eigenvalue weighted by molar-refractivity contribution is -0.125. The van der Waals surface area contributed by atoms with Crippen molar-refractivity contribution in [2.75, 3.05) is 12.4 Å². The number of aromatic nitrogens is 2. The molecule has 0 fully saturated rings. The van der Waals surface area contributed by atoms with Gasteiger partial charge in [-0.1, -0.05) is 61.5 Å². The van der Waals surface area contributed by atoms with Crippen LogP contribution < -0.4 is 5.32 Å². The second kappa shape index (κ2) is 9.57. The normalized spacial score (nSPS) is 12.4. The van der Waals surface area contributed by atoms with Gasteiger partial charge in [0.05, 0.1) is 0 Å². The van der Waals surface area contributed by atoms with Crippen molar-refractivity contribution >= 4 is 33.4 Å². The lowest BCUT2D eigenvalue weighted by Crippen LogP contribution is -2.29. The maximum Gasteiger partial charge on any atom is 0.253 e. The number of fused-ring (bicyclic) bond motifs is 2. The zero-order valence-corrected chi connectivity index (χ0v) is 19.5. The first-order valence-electron chi connectivity index (χ1n) is 11.7. The highest BCUT2D eigenvalue weighted by Crippen LogP contribution is 2.38. The van der Waals surface area contributed by atoms with Crippen molar-refractivity contribution in [3.63, 3.8) is 0 Å². The first kappa shape index (κ1) is 22.0. The van der Waals surface area contributed by atoms with E-state index in [1.165, 1.54) is 21.9 Å². The zero-order valence-electron chi connectivity index (χ0n) is 19.5. The SMILES string of the molecule is CCC(OC)C(=O)Nc1ccccc1CC(c1c[nH]c2ccccc12)c1c[nH]c2ccccc12. The summed E-state index contributed by atoms with van der Waals surface area (Å²) in [5.74, 6) is -0.0251.